The van der Waals surface area contributed by atoms with Crippen molar-refractivity contribution in [3.63, 3.8) is 0 Å². The molecule has 1 heterocycles. The number of benzene rings is 1. The van der Waals surface area contributed by atoms with Gasteiger partial charge in [0.15, 0.2) is 0 Å². The summed E-state index contributed by atoms with van der Waals surface area (Å²) in [6.07, 6.45) is -0.485. The van der Waals surface area contributed by atoms with E-state index in [-0.39, 0.29) is 30.4 Å². The number of nitrogens with zero attached hydrogens (tertiary/aromatic N) is 1. The van der Waals surface area contributed by atoms with Gasteiger partial charge in [-0.05, 0) is 57.2 Å². The molecule has 0 saturated heterocycles. The van der Waals surface area contributed by atoms with Crippen LogP contribution in [-0.2, 0) is 25.2 Å². The fourth-order valence-electron chi connectivity index (χ4n) is 4.34. The zero-order valence-corrected chi connectivity index (χ0v) is 20.1. The molecule has 1 aromatic rings. The third kappa shape index (κ3) is 5.47. The van der Waals surface area contributed by atoms with E-state index in [1.54, 1.807) is 6.92 Å². The molecule has 8 heteroatoms. The normalized spacial score (nSPS) is 18.9. The Morgan fingerprint density at radius 2 is 1.44 bits per heavy atom. The number of carbonyl (C=O) groups is 2. The molecule has 0 spiro atoms. The van der Waals surface area contributed by atoms with Crippen molar-refractivity contribution in [2.45, 2.75) is 77.9 Å². The standard InChI is InChI=1S/C26H32F3NO4/c1-5-7-15-34-25(32)22-17(4)30(20-12-13-20)16(3)21(24(31)33-14-6-2)23(22)18-8-10-19(11-9-18)26(27,28)29/h8-11,20,23H,5-7,12-15H2,1-4H3. The van der Waals surface area contributed by atoms with Crippen LogP contribution in [0.2, 0.25) is 0 Å². The maximum Gasteiger partial charge on any atom is 0.416 e. The lowest BCUT2D eigenvalue weighted by Crippen LogP contribution is -2.36. The second-order valence-electron chi connectivity index (χ2n) is 8.78. The molecule has 34 heavy (non-hydrogen) atoms. The van der Waals surface area contributed by atoms with E-state index in [0.29, 0.717) is 29.8 Å². The minimum atomic E-state index is -4.49. The summed E-state index contributed by atoms with van der Waals surface area (Å²) < 4.78 is 50.5. The number of halogens is 3. The average molecular weight is 480 g/mol. The van der Waals surface area contributed by atoms with Gasteiger partial charge in [-0.1, -0.05) is 32.4 Å². The lowest BCUT2D eigenvalue weighted by atomic mass is 9.79. The van der Waals surface area contributed by atoms with Gasteiger partial charge in [0.05, 0.1) is 35.8 Å². The number of rotatable bonds is 9. The molecule has 1 aliphatic carbocycles. The van der Waals surface area contributed by atoms with E-state index in [9.17, 15) is 22.8 Å². The molecular weight excluding hydrogens is 447 g/mol. The van der Waals surface area contributed by atoms with Crippen LogP contribution in [0.25, 0.3) is 0 Å². The highest BCUT2D eigenvalue weighted by molar-refractivity contribution is 6.00. The molecule has 0 aromatic heterocycles. The van der Waals surface area contributed by atoms with Crippen molar-refractivity contribution in [3.8, 4) is 0 Å². The highest BCUT2D eigenvalue weighted by Crippen LogP contribution is 2.47. The Morgan fingerprint density at radius 1 is 0.912 bits per heavy atom. The van der Waals surface area contributed by atoms with Gasteiger partial charge in [0.2, 0.25) is 0 Å². The summed E-state index contributed by atoms with van der Waals surface area (Å²) in [5.41, 5.74) is 1.49. The van der Waals surface area contributed by atoms with Crippen molar-refractivity contribution < 1.29 is 32.2 Å². The molecule has 186 valence electrons. The Balaban J connectivity index is 2.14. The van der Waals surface area contributed by atoms with E-state index in [1.165, 1.54) is 12.1 Å². The Labute approximate surface area is 198 Å². The lowest BCUT2D eigenvalue weighted by Gasteiger charge is -2.38. The molecule has 1 fully saturated rings. The molecular formula is C26H32F3NO4. The minimum absolute atomic E-state index is 0.168. The van der Waals surface area contributed by atoms with Crippen molar-refractivity contribution in [1.29, 1.82) is 0 Å². The van der Waals surface area contributed by atoms with Crippen LogP contribution in [0.15, 0.2) is 46.8 Å². The molecule has 5 nitrogen and oxygen atoms in total. The Morgan fingerprint density at radius 3 is 1.88 bits per heavy atom. The van der Waals surface area contributed by atoms with Crippen LogP contribution in [0.4, 0.5) is 13.2 Å². The first-order chi connectivity index (χ1) is 16.1. The van der Waals surface area contributed by atoms with E-state index in [2.05, 4.69) is 0 Å². The Kier molecular flexibility index (Phi) is 8.10. The van der Waals surface area contributed by atoms with Gasteiger partial charge >= 0.3 is 18.1 Å². The SMILES string of the molecule is CCCCOC(=O)C1=C(C)N(C2CC2)C(C)=C(C(=O)OCCC)C1c1ccc(C(F)(F)F)cc1. The molecule has 0 amide bonds. The van der Waals surface area contributed by atoms with Gasteiger partial charge in [-0.15, -0.1) is 0 Å². The maximum absolute atomic E-state index is 13.3. The molecule has 1 aromatic carbocycles. The number of hydrogen-bond acceptors (Lipinski definition) is 5. The van der Waals surface area contributed by atoms with Gasteiger partial charge in [0.1, 0.15) is 0 Å². The third-order valence-corrected chi connectivity index (χ3v) is 6.17. The Hall–Kier alpha value is -2.77. The first-order valence-corrected chi connectivity index (χ1v) is 11.8. The molecule has 1 atom stereocenters. The van der Waals surface area contributed by atoms with Gasteiger partial charge in [0.25, 0.3) is 0 Å². The molecule has 2 aliphatic rings. The first-order valence-electron chi connectivity index (χ1n) is 11.8. The highest BCUT2D eigenvalue weighted by atomic mass is 19.4. The predicted octanol–water partition coefficient (Wildman–Crippen LogP) is 6.11. The number of ether oxygens (including phenoxy) is 2. The molecule has 0 N–H and O–H groups in total. The average Bonchev–Trinajstić information content (AvgIpc) is 3.61. The molecule has 0 radical (unpaired) electrons. The highest BCUT2D eigenvalue weighted by Gasteiger charge is 2.44. The van der Waals surface area contributed by atoms with E-state index >= 15 is 0 Å². The van der Waals surface area contributed by atoms with Crippen LogP contribution in [0, 0.1) is 0 Å². The van der Waals surface area contributed by atoms with Crippen molar-refractivity contribution in [1.82, 2.24) is 4.90 Å². The summed E-state index contributed by atoms with van der Waals surface area (Å²) >= 11 is 0. The quantitative estimate of drug-likeness (QED) is 0.316. The van der Waals surface area contributed by atoms with Gasteiger partial charge in [-0.25, -0.2) is 9.59 Å². The number of allylic oxidation sites excluding steroid dienone is 2. The predicted molar refractivity (Wildman–Crippen MR) is 122 cm³/mol. The number of esters is 2. The van der Waals surface area contributed by atoms with Crippen LogP contribution < -0.4 is 0 Å². The van der Waals surface area contributed by atoms with Crippen LogP contribution >= 0.6 is 0 Å². The van der Waals surface area contributed by atoms with Crippen LogP contribution in [-0.4, -0.2) is 36.1 Å². The van der Waals surface area contributed by atoms with Gasteiger partial charge in [-0.2, -0.15) is 13.2 Å². The molecule has 0 bridgehead atoms. The summed E-state index contributed by atoms with van der Waals surface area (Å²) in [6, 6.07) is 4.77. The molecule has 1 aliphatic heterocycles. The van der Waals surface area contributed by atoms with Gasteiger partial charge in [-0.3, -0.25) is 0 Å². The van der Waals surface area contributed by atoms with E-state index in [0.717, 1.165) is 31.4 Å². The number of carbonyl (C=O) groups excluding carboxylic acids is 2. The second kappa shape index (κ2) is 10.7. The molecule has 1 unspecified atom stereocenters. The van der Waals surface area contributed by atoms with Crippen molar-refractivity contribution in [2.24, 2.45) is 0 Å². The van der Waals surface area contributed by atoms with Crippen molar-refractivity contribution >= 4 is 11.9 Å². The van der Waals surface area contributed by atoms with Crippen LogP contribution in [0.1, 0.15) is 76.8 Å². The summed E-state index contributed by atoms with van der Waals surface area (Å²) in [6.45, 7) is 7.90. The molecule has 1 saturated carbocycles. The second-order valence-corrected chi connectivity index (χ2v) is 8.78. The lowest BCUT2D eigenvalue weighted by molar-refractivity contribution is -0.141. The number of unbranched alkanes of at least 4 members (excludes halogenated alkanes) is 1. The topological polar surface area (TPSA) is 55.8 Å². The monoisotopic (exact) mass is 479 g/mol. The Bertz CT molecular complexity index is 975. The molecule has 3 rings (SSSR count). The summed E-state index contributed by atoms with van der Waals surface area (Å²) in [4.78, 5) is 28.5. The smallest absolute Gasteiger partial charge is 0.416 e. The van der Waals surface area contributed by atoms with Gasteiger partial charge < -0.3 is 14.4 Å². The number of alkyl halides is 3. The van der Waals surface area contributed by atoms with E-state index in [1.807, 2.05) is 25.7 Å². The fraction of sp³-hybridized carbons (Fsp3) is 0.538. The third-order valence-electron chi connectivity index (χ3n) is 6.17. The maximum atomic E-state index is 13.3. The fourth-order valence-corrected chi connectivity index (χ4v) is 4.34. The van der Waals surface area contributed by atoms with Crippen molar-refractivity contribution in [2.75, 3.05) is 13.2 Å². The minimum Gasteiger partial charge on any atom is -0.462 e. The van der Waals surface area contributed by atoms with Crippen molar-refractivity contribution in [3.05, 3.63) is 57.9 Å². The largest absolute Gasteiger partial charge is 0.462 e. The van der Waals surface area contributed by atoms with E-state index < -0.39 is 29.6 Å². The first kappa shape index (κ1) is 25.8. The number of hydrogen-bond donors (Lipinski definition) is 0. The van der Waals surface area contributed by atoms with Gasteiger partial charge in [0, 0.05) is 17.4 Å². The van der Waals surface area contributed by atoms with E-state index in [4.69, 9.17) is 9.47 Å². The summed E-state index contributed by atoms with van der Waals surface area (Å²) in [5.74, 6) is -2.01. The zero-order chi connectivity index (χ0) is 25.0. The zero-order valence-electron chi connectivity index (χ0n) is 20.1. The van der Waals surface area contributed by atoms with Crippen LogP contribution in [0.5, 0.6) is 0 Å². The summed E-state index contributed by atoms with van der Waals surface area (Å²) in [7, 11) is 0. The van der Waals surface area contributed by atoms with Crippen LogP contribution in [0.3, 0.4) is 0 Å². The summed E-state index contributed by atoms with van der Waals surface area (Å²) in [5, 5.41) is 0.